The van der Waals surface area contributed by atoms with Crippen molar-refractivity contribution in [3.63, 3.8) is 0 Å². The van der Waals surface area contributed by atoms with Crippen molar-refractivity contribution < 1.29 is 0 Å². The van der Waals surface area contributed by atoms with Crippen molar-refractivity contribution >= 4 is 78.0 Å². The Labute approximate surface area is 430 Å². The third-order valence-corrected chi connectivity index (χ3v) is 17.2. The minimum Gasteiger partial charge on any atom is -0.311 e. The summed E-state index contributed by atoms with van der Waals surface area (Å²) in [6, 6.07) is 53.1. The van der Waals surface area contributed by atoms with Crippen LogP contribution in [0.15, 0.2) is 133 Å². The van der Waals surface area contributed by atoms with Crippen LogP contribution >= 0.6 is 11.3 Å². The molecule has 0 amide bonds. The Hall–Kier alpha value is -5.84. The highest BCUT2D eigenvalue weighted by molar-refractivity contribution is 7.33. The molecule has 0 saturated heterocycles. The molecule has 2 nitrogen and oxygen atoms in total. The Morgan fingerprint density at radius 3 is 1.62 bits per heavy atom. The largest absolute Gasteiger partial charge is 0.311 e. The molecule has 2 aliphatic heterocycles. The van der Waals surface area contributed by atoms with Crippen LogP contribution in [0.1, 0.15) is 149 Å². The fraction of sp³-hybridized carbons (Fsp3) is 0.343. The minimum absolute atomic E-state index is 0.00925. The van der Waals surface area contributed by atoms with Gasteiger partial charge in [0, 0.05) is 43.1 Å². The summed E-state index contributed by atoms with van der Waals surface area (Å²) in [5.74, 6) is 0. The van der Waals surface area contributed by atoms with Crippen LogP contribution in [0.2, 0.25) is 0 Å². The first-order chi connectivity index (χ1) is 33.4. The van der Waals surface area contributed by atoms with Gasteiger partial charge >= 0.3 is 0 Å². The molecule has 4 heteroatoms. The summed E-state index contributed by atoms with van der Waals surface area (Å²) in [5, 5.41) is 1.34. The molecule has 8 aromatic rings. The average Bonchev–Trinajstić information content (AvgIpc) is 3.95. The van der Waals surface area contributed by atoms with Gasteiger partial charge in [0.15, 0.2) is 0 Å². The van der Waals surface area contributed by atoms with Crippen molar-refractivity contribution in [2.75, 3.05) is 9.80 Å². The number of para-hydroxylation sites is 1. The maximum atomic E-state index is 2.72. The fourth-order valence-electron chi connectivity index (χ4n) is 11.7. The fourth-order valence-corrected chi connectivity index (χ4v) is 13.0. The van der Waals surface area contributed by atoms with E-state index in [2.05, 4.69) is 247 Å². The molecule has 3 aliphatic rings. The van der Waals surface area contributed by atoms with Crippen molar-refractivity contribution in [2.24, 2.45) is 0 Å². The van der Waals surface area contributed by atoms with E-state index < -0.39 is 0 Å². The lowest BCUT2D eigenvalue weighted by Crippen LogP contribution is -2.60. The van der Waals surface area contributed by atoms with Gasteiger partial charge in [-0.15, -0.1) is 11.3 Å². The van der Waals surface area contributed by atoms with Crippen LogP contribution in [0, 0.1) is 0 Å². The molecule has 0 unspecified atom stereocenters. The second-order valence-electron chi connectivity index (χ2n) is 26.2. The number of thiophene rings is 1. The van der Waals surface area contributed by atoms with E-state index in [-0.39, 0.29) is 33.8 Å². The van der Waals surface area contributed by atoms with Crippen LogP contribution in [0.5, 0.6) is 0 Å². The molecule has 0 bridgehead atoms. The number of rotatable bonds is 4. The Morgan fingerprint density at radius 1 is 0.423 bits per heavy atom. The zero-order valence-electron chi connectivity index (χ0n) is 45.2. The summed E-state index contributed by atoms with van der Waals surface area (Å²) >= 11 is 2.01. The third-order valence-electron chi connectivity index (χ3n) is 16.0. The van der Waals surface area contributed by atoms with Gasteiger partial charge < -0.3 is 9.80 Å². The smallest absolute Gasteiger partial charge is 0.264 e. The number of anilines is 6. The predicted molar refractivity (Wildman–Crippen MR) is 312 cm³/mol. The van der Waals surface area contributed by atoms with Gasteiger partial charge in [-0.3, -0.25) is 0 Å². The van der Waals surface area contributed by atoms with Crippen LogP contribution in [-0.4, -0.2) is 6.71 Å². The van der Waals surface area contributed by atoms with Crippen LogP contribution in [0.4, 0.5) is 34.1 Å². The van der Waals surface area contributed by atoms with Crippen molar-refractivity contribution in [1.29, 1.82) is 0 Å². The Kier molecular flexibility index (Phi) is 10.9. The molecule has 0 atom stereocenters. The number of benzene rings is 7. The number of nitrogens with zero attached hydrogens (tertiary/aromatic N) is 2. The molecule has 7 aromatic carbocycles. The standard InChI is InChI=1S/C67H73BN2S/c1-63(2,3)43-29-32-55(51(38-43)50-25-19-22-41-21-18-24-48(41)50)70-58-28-20-27-57-60(58)68(62-61(70)52-39-44(64(4,5)6)31-34-59(52)71-62)53-40-45(65(7,8)9)30-33-56(53)69(57)54-26-17-16-23-49(54)42-35-46(66(10,11)12)37-47(36-42)67(13,14)15/h16-17,19-20,22-23,25-40H,18,21,24H2,1-15H3. The topological polar surface area (TPSA) is 6.48 Å². The molecule has 0 radical (unpaired) electrons. The van der Waals surface area contributed by atoms with Crippen molar-refractivity contribution in [3.05, 3.63) is 172 Å². The van der Waals surface area contributed by atoms with Crippen molar-refractivity contribution in [2.45, 2.75) is 150 Å². The van der Waals surface area contributed by atoms with E-state index in [1.807, 2.05) is 11.3 Å². The van der Waals surface area contributed by atoms with E-state index in [0.29, 0.717) is 0 Å². The maximum absolute atomic E-state index is 2.72. The molecule has 0 spiro atoms. The van der Waals surface area contributed by atoms with Crippen LogP contribution in [-0.2, 0) is 39.9 Å². The summed E-state index contributed by atoms with van der Waals surface area (Å²) in [6.07, 6.45) is 3.47. The summed E-state index contributed by atoms with van der Waals surface area (Å²) in [7, 11) is 0. The zero-order valence-corrected chi connectivity index (χ0v) is 46.0. The number of fused-ring (bicyclic) bond motifs is 7. The first-order valence-electron chi connectivity index (χ1n) is 26.3. The van der Waals surface area contributed by atoms with E-state index in [1.165, 1.54) is 128 Å². The average molecular weight is 949 g/mol. The molecule has 3 heterocycles. The van der Waals surface area contributed by atoms with Crippen molar-refractivity contribution in [1.82, 2.24) is 0 Å². The van der Waals surface area contributed by atoms with Crippen LogP contribution in [0.25, 0.3) is 32.3 Å². The highest BCUT2D eigenvalue weighted by Crippen LogP contribution is 2.53. The molecule has 360 valence electrons. The third kappa shape index (κ3) is 7.99. The lowest BCUT2D eigenvalue weighted by Gasteiger charge is -2.44. The lowest BCUT2D eigenvalue weighted by atomic mass is 9.36. The zero-order chi connectivity index (χ0) is 50.3. The van der Waals surface area contributed by atoms with Gasteiger partial charge in [-0.1, -0.05) is 189 Å². The first kappa shape index (κ1) is 47.5. The Bertz CT molecular complexity index is 3410. The molecule has 1 aliphatic carbocycles. The van der Waals surface area contributed by atoms with E-state index >= 15 is 0 Å². The maximum Gasteiger partial charge on any atom is 0.264 e. The second-order valence-corrected chi connectivity index (χ2v) is 27.3. The van der Waals surface area contributed by atoms with E-state index in [0.717, 1.165) is 12.8 Å². The molecule has 11 rings (SSSR count). The molecule has 71 heavy (non-hydrogen) atoms. The summed E-state index contributed by atoms with van der Waals surface area (Å²) in [4.78, 5) is 5.35. The highest BCUT2D eigenvalue weighted by Gasteiger charge is 2.46. The second kappa shape index (κ2) is 16.3. The van der Waals surface area contributed by atoms with E-state index in [1.54, 1.807) is 0 Å². The van der Waals surface area contributed by atoms with Gasteiger partial charge in [0.05, 0.1) is 17.1 Å². The van der Waals surface area contributed by atoms with Crippen LogP contribution < -0.4 is 25.5 Å². The summed E-state index contributed by atoms with van der Waals surface area (Å²) < 4.78 is 2.76. The first-order valence-corrected chi connectivity index (χ1v) is 27.2. The lowest BCUT2D eigenvalue weighted by molar-refractivity contribution is 0.569. The molecular formula is C67H73BN2S. The number of hydrogen-bond donors (Lipinski definition) is 0. The molecule has 0 saturated carbocycles. The SMILES string of the molecule is CC(C)(C)c1cc(-c2ccccc2N2c3ccc(C(C)(C)C)cc3B3c4sc5ccc(C(C)(C)C)cc5c4N(c4ccc(C(C)(C)C)cc4-c4cccc5c4CCC5)c4cccc2c43)cc(C(C)(C)C)c1. The van der Waals surface area contributed by atoms with Gasteiger partial charge in [-0.25, -0.2) is 0 Å². The van der Waals surface area contributed by atoms with Gasteiger partial charge in [0.1, 0.15) is 0 Å². The minimum atomic E-state index is -0.0424. The van der Waals surface area contributed by atoms with Gasteiger partial charge in [0.25, 0.3) is 6.71 Å². The molecule has 0 N–H and O–H groups in total. The summed E-state index contributed by atoms with van der Waals surface area (Å²) in [5.41, 5.74) is 25.2. The normalized spacial score (nSPS) is 14.7. The molecule has 0 fully saturated rings. The Balaban J connectivity index is 1.25. The van der Waals surface area contributed by atoms with Gasteiger partial charge in [0.2, 0.25) is 0 Å². The van der Waals surface area contributed by atoms with E-state index in [4.69, 9.17) is 0 Å². The van der Waals surface area contributed by atoms with Gasteiger partial charge in [-0.2, -0.15) is 0 Å². The predicted octanol–water partition coefficient (Wildman–Crippen LogP) is 17.3. The summed E-state index contributed by atoms with van der Waals surface area (Å²) in [6.45, 7) is 35.3. The van der Waals surface area contributed by atoms with Crippen molar-refractivity contribution in [3.8, 4) is 22.3 Å². The van der Waals surface area contributed by atoms with Crippen LogP contribution in [0.3, 0.4) is 0 Å². The highest BCUT2D eigenvalue weighted by atomic mass is 32.1. The van der Waals surface area contributed by atoms with E-state index in [9.17, 15) is 0 Å². The number of hydrogen-bond acceptors (Lipinski definition) is 3. The number of aryl methyl sites for hydroxylation is 1. The monoisotopic (exact) mass is 949 g/mol. The Morgan fingerprint density at radius 2 is 0.958 bits per heavy atom. The van der Waals surface area contributed by atoms with Gasteiger partial charge in [-0.05, 0) is 156 Å². The quantitative estimate of drug-likeness (QED) is 0.162. The molecule has 1 aromatic heterocycles. The molecular weight excluding hydrogens is 876 g/mol.